The molecule has 0 saturated carbocycles. The van der Waals surface area contributed by atoms with Crippen molar-refractivity contribution >= 4 is 11.8 Å². The Morgan fingerprint density at radius 1 is 1.46 bits per heavy atom. The zero-order chi connectivity index (χ0) is 9.36. The van der Waals surface area contributed by atoms with E-state index >= 15 is 0 Å². The first-order chi connectivity index (χ1) is 6.43. The lowest BCUT2D eigenvalue weighted by Crippen LogP contribution is -2.30. The van der Waals surface area contributed by atoms with E-state index in [1.807, 2.05) is 11.8 Å². The van der Waals surface area contributed by atoms with Crippen molar-refractivity contribution in [3.63, 3.8) is 0 Å². The third kappa shape index (κ3) is 5.52. The molecule has 0 aromatic carbocycles. The van der Waals surface area contributed by atoms with E-state index in [1.54, 1.807) is 7.11 Å². The van der Waals surface area contributed by atoms with Crippen LogP contribution in [0, 0.1) is 0 Å². The molecule has 0 aliphatic carbocycles. The predicted molar refractivity (Wildman–Crippen MR) is 56.4 cm³/mol. The first-order valence-electron chi connectivity index (χ1n) is 4.82. The van der Waals surface area contributed by atoms with Crippen LogP contribution < -0.4 is 5.32 Å². The second kappa shape index (κ2) is 7.62. The van der Waals surface area contributed by atoms with Gasteiger partial charge in [0.15, 0.2) is 0 Å². The van der Waals surface area contributed by atoms with Crippen LogP contribution in [0.3, 0.4) is 0 Å². The van der Waals surface area contributed by atoms with Crippen LogP contribution in [0.5, 0.6) is 0 Å². The van der Waals surface area contributed by atoms with Gasteiger partial charge in [-0.15, -0.1) is 0 Å². The van der Waals surface area contributed by atoms with Crippen molar-refractivity contribution in [1.82, 2.24) is 5.32 Å². The highest BCUT2D eigenvalue weighted by molar-refractivity contribution is 8.00. The largest absolute Gasteiger partial charge is 0.383 e. The summed E-state index contributed by atoms with van der Waals surface area (Å²) in [4.78, 5) is 0. The molecule has 0 bridgehead atoms. The van der Waals surface area contributed by atoms with Gasteiger partial charge in [0.2, 0.25) is 0 Å². The Balaban J connectivity index is 1.68. The Labute approximate surface area is 84.6 Å². The van der Waals surface area contributed by atoms with Crippen molar-refractivity contribution < 1.29 is 9.47 Å². The molecule has 0 aromatic rings. The Kier molecular flexibility index (Phi) is 6.62. The maximum absolute atomic E-state index is 5.09. The highest BCUT2D eigenvalue weighted by Gasteiger charge is 2.17. The summed E-state index contributed by atoms with van der Waals surface area (Å²) in [6.45, 7) is 4.80. The van der Waals surface area contributed by atoms with Gasteiger partial charge < -0.3 is 14.8 Å². The summed E-state index contributed by atoms with van der Waals surface area (Å²) in [6, 6.07) is 0. The molecule has 3 nitrogen and oxygen atoms in total. The Morgan fingerprint density at radius 3 is 2.92 bits per heavy atom. The summed E-state index contributed by atoms with van der Waals surface area (Å²) in [6.07, 6.45) is 1.24. The molecule has 1 heterocycles. The van der Waals surface area contributed by atoms with E-state index in [-0.39, 0.29) is 0 Å². The van der Waals surface area contributed by atoms with E-state index in [4.69, 9.17) is 9.47 Å². The fraction of sp³-hybridized carbons (Fsp3) is 1.00. The van der Waals surface area contributed by atoms with E-state index in [2.05, 4.69) is 5.32 Å². The number of nitrogens with one attached hydrogen (secondary N) is 1. The second-order valence-corrected chi connectivity index (χ2v) is 4.53. The van der Waals surface area contributed by atoms with Gasteiger partial charge in [0, 0.05) is 13.7 Å². The third-order valence-electron chi connectivity index (χ3n) is 1.94. The summed E-state index contributed by atoms with van der Waals surface area (Å²) >= 11 is 2.03. The second-order valence-electron chi connectivity index (χ2n) is 3.13. The molecule has 0 atom stereocenters. The van der Waals surface area contributed by atoms with Gasteiger partial charge in [-0.3, -0.25) is 0 Å². The van der Waals surface area contributed by atoms with Crippen LogP contribution in [0.15, 0.2) is 0 Å². The lowest BCUT2D eigenvalue weighted by molar-refractivity contribution is 0.0455. The van der Waals surface area contributed by atoms with Crippen LogP contribution in [0.25, 0.3) is 0 Å². The number of methoxy groups -OCH3 is 1. The Morgan fingerprint density at radius 2 is 2.31 bits per heavy atom. The number of hydrogen-bond acceptors (Lipinski definition) is 4. The standard InChI is InChI=1S/C9H19NO2S/c1-11-5-4-10-3-2-6-13-9-7-12-8-9/h9-10H,2-8H2,1H3. The highest BCUT2D eigenvalue weighted by Crippen LogP contribution is 2.19. The lowest BCUT2D eigenvalue weighted by Gasteiger charge is -2.25. The number of ether oxygens (including phenoxy) is 2. The van der Waals surface area contributed by atoms with E-state index < -0.39 is 0 Å². The third-order valence-corrected chi connectivity index (χ3v) is 3.21. The summed E-state index contributed by atoms with van der Waals surface area (Å²) in [5.41, 5.74) is 0. The molecule has 1 N–H and O–H groups in total. The lowest BCUT2D eigenvalue weighted by atomic mass is 10.4. The molecule has 1 saturated heterocycles. The molecule has 0 spiro atoms. The highest BCUT2D eigenvalue weighted by atomic mass is 32.2. The number of thioether (sulfide) groups is 1. The molecule has 0 unspecified atom stereocenters. The monoisotopic (exact) mass is 205 g/mol. The van der Waals surface area contributed by atoms with Gasteiger partial charge in [-0.1, -0.05) is 0 Å². The molecule has 1 rings (SSSR count). The average Bonchev–Trinajstić information content (AvgIpc) is 2.07. The molecule has 4 heteroatoms. The Bertz CT molecular complexity index is 120. The van der Waals surface area contributed by atoms with Crippen LogP contribution in [0.4, 0.5) is 0 Å². The quantitative estimate of drug-likeness (QED) is 0.592. The molecule has 1 aliphatic rings. The van der Waals surface area contributed by atoms with Crippen LogP contribution in [0.1, 0.15) is 6.42 Å². The zero-order valence-electron chi connectivity index (χ0n) is 8.25. The van der Waals surface area contributed by atoms with E-state index in [0.29, 0.717) is 0 Å². The topological polar surface area (TPSA) is 30.5 Å². The minimum atomic E-state index is 0.777. The number of rotatable bonds is 8. The van der Waals surface area contributed by atoms with Crippen molar-refractivity contribution in [2.45, 2.75) is 11.7 Å². The number of hydrogen-bond donors (Lipinski definition) is 1. The van der Waals surface area contributed by atoms with Crippen molar-refractivity contribution in [2.24, 2.45) is 0 Å². The molecule has 1 aliphatic heterocycles. The van der Waals surface area contributed by atoms with E-state index in [0.717, 1.165) is 38.2 Å². The first kappa shape index (κ1) is 11.3. The molecular formula is C9H19NO2S. The van der Waals surface area contributed by atoms with E-state index in [9.17, 15) is 0 Å². The van der Waals surface area contributed by atoms with Gasteiger partial charge in [0.1, 0.15) is 0 Å². The van der Waals surface area contributed by atoms with Crippen LogP contribution in [-0.4, -0.2) is 51.0 Å². The maximum Gasteiger partial charge on any atom is 0.0607 e. The van der Waals surface area contributed by atoms with Gasteiger partial charge >= 0.3 is 0 Å². The first-order valence-corrected chi connectivity index (χ1v) is 5.87. The zero-order valence-corrected chi connectivity index (χ0v) is 9.07. The molecule has 0 radical (unpaired) electrons. The van der Waals surface area contributed by atoms with Gasteiger partial charge in [-0.05, 0) is 18.7 Å². The van der Waals surface area contributed by atoms with Crippen LogP contribution in [0.2, 0.25) is 0 Å². The van der Waals surface area contributed by atoms with Crippen LogP contribution in [-0.2, 0) is 9.47 Å². The fourth-order valence-electron chi connectivity index (χ4n) is 1.06. The maximum atomic E-state index is 5.09. The van der Waals surface area contributed by atoms with Crippen molar-refractivity contribution in [3.8, 4) is 0 Å². The average molecular weight is 205 g/mol. The summed E-state index contributed by atoms with van der Waals surface area (Å²) in [5.74, 6) is 1.24. The predicted octanol–water partition coefficient (Wildman–Crippen LogP) is 0.744. The Hall–Kier alpha value is 0.230. The molecule has 0 aromatic heterocycles. The SMILES string of the molecule is COCCNCCCSC1COC1. The van der Waals surface area contributed by atoms with Crippen molar-refractivity contribution in [3.05, 3.63) is 0 Å². The summed E-state index contributed by atoms with van der Waals surface area (Å²) < 4.78 is 10.0. The summed E-state index contributed by atoms with van der Waals surface area (Å²) in [7, 11) is 1.73. The molecule has 1 fully saturated rings. The fourth-order valence-corrected chi connectivity index (χ4v) is 2.09. The van der Waals surface area contributed by atoms with Gasteiger partial charge in [-0.25, -0.2) is 0 Å². The smallest absolute Gasteiger partial charge is 0.0607 e. The van der Waals surface area contributed by atoms with Crippen molar-refractivity contribution in [1.29, 1.82) is 0 Å². The van der Waals surface area contributed by atoms with Gasteiger partial charge in [0.25, 0.3) is 0 Å². The summed E-state index contributed by atoms with van der Waals surface area (Å²) in [5, 5.41) is 4.10. The van der Waals surface area contributed by atoms with Crippen LogP contribution >= 0.6 is 11.8 Å². The van der Waals surface area contributed by atoms with Crippen molar-refractivity contribution in [2.75, 3.05) is 45.8 Å². The minimum Gasteiger partial charge on any atom is -0.383 e. The minimum absolute atomic E-state index is 0.777. The van der Waals surface area contributed by atoms with Gasteiger partial charge in [-0.2, -0.15) is 11.8 Å². The van der Waals surface area contributed by atoms with Gasteiger partial charge in [0.05, 0.1) is 25.1 Å². The molecule has 0 amide bonds. The molecular weight excluding hydrogens is 186 g/mol. The normalized spacial score (nSPS) is 17.3. The molecule has 78 valence electrons. The molecule has 13 heavy (non-hydrogen) atoms. The van der Waals surface area contributed by atoms with E-state index in [1.165, 1.54) is 12.2 Å².